The minimum atomic E-state index is -2.07. The van der Waals surface area contributed by atoms with Crippen LogP contribution >= 0.6 is 0 Å². The van der Waals surface area contributed by atoms with E-state index in [9.17, 15) is 90.4 Å². The third kappa shape index (κ3) is 20.9. The van der Waals surface area contributed by atoms with Crippen molar-refractivity contribution >= 4 is 29.5 Å². The molecule has 5 amide bonds. The van der Waals surface area contributed by atoms with E-state index in [1.807, 2.05) is 0 Å². The average molecular weight is 1420 g/mol. The fourth-order valence-corrected chi connectivity index (χ4v) is 12.7. The lowest BCUT2D eigenvalue weighted by Crippen LogP contribution is -2.72. The number of ether oxygens (including phenoxy) is 13. The molecule has 99 heavy (non-hydrogen) atoms. The monoisotopic (exact) mass is 1420 g/mol. The zero-order valence-electron chi connectivity index (χ0n) is 56.1. The lowest BCUT2D eigenvalue weighted by Gasteiger charge is -2.51. The number of amides is 5. The molecule has 6 heterocycles. The maximum absolute atomic E-state index is 14.0. The van der Waals surface area contributed by atoms with E-state index in [4.69, 9.17) is 61.6 Å². The van der Waals surface area contributed by atoms with Crippen LogP contribution in [0.25, 0.3) is 0 Å². The first-order chi connectivity index (χ1) is 47.2. The summed E-state index contributed by atoms with van der Waals surface area (Å²) in [6.45, 7) is 3.52. The van der Waals surface area contributed by atoms with Gasteiger partial charge in [-0.2, -0.15) is 0 Å². The highest BCUT2D eigenvalue weighted by atomic mass is 16.8. The largest absolute Gasteiger partial charge is 0.494 e. The number of allylic oxidation sites excluding steroid dienone is 2. The summed E-state index contributed by atoms with van der Waals surface area (Å²) in [7, 11) is 1.21. The average Bonchev–Trinajstić information content (AvgIpc) is 0.771. The molecule has 0 aromatic heterocycles. The van der Waals surface area contributed by atoms with E-state index in [0.29, 0.717) is 18.8 Å². The van der Waals surface area contributed by atoms with Crippen LogP contribution in [0.1, 0.15) is 96.8 Å². The third-order valence-corrected chi connectivity index (χ3v) is 17.8. The minimum Gasteiger partial charge on any atom is -0.494 e. The van der Waals surface area contributed by atoms with Gasteiger partial charge in [0.25, 0.3) is 5.91 Å². The van der Waals surface area contributed by atoms with Gasteiger partial charge < -0.3 is 155 Å². The van der Waals surface area contributed by atoms with Crippen LogP contribution in [0.2, 0.25) is 0 Å². The molecule has 0 radical (unpaired) electrons. The molecule has 6 fully saturated rings. The highest BCUT2D eigenvalue weighted by Crippen LogP contribution is 2.37. The molecule has 0 saturated carbocycles. The van der Waals surface area contributed by atoms with Crippen molar-refractivity contribution in [1.82, 2.24) is 26.6 Å². The first-order valence-electron chi connectivity index (χ1n) is 33.2. The maximum Gasteiger partial charge on any atom is 0.251 e. The van der Waals surface area contributed by atoms with E-state index >= 15 is 0 Å². The number of nitrogens with one attached hydrogen (secondary N) is 5. The van der Waals surface area contributed by atoms with Gasteiger partial charge in [0.1, 0.15) is 146 Å². The van der Waals surface area contributed by atoms with Crippen LogP contribution in [0.3, 0.4) is 0 Å². The zero-order chi connectivity index (χ0) is 72.5. The van der Waals surface area contributed by atoms with Crippen molar-refractivity contribution in [3.05, 3.63) is 42.0 Å². The Morgan fingerprint density at radius 2 is 0.899 bits per heavy atom. The van der Waals surface area contributed by atoms with Gasteiger partial charge in [0.05, 0.1) is 45.7 Å². The van der Waals surface area contributed by atoms with E-state index in [0.717, 1.165) is 53.4 Å². The van der Waals surface area contributed by atoms with Crippen LogP contribution in [-0.2, 0) is 76.0 Å². The number of unbranched alkanes of at least 4 members (excludes halogenated alkanes) is 5. The first kappa shape index (κ1) is 81.4. The van der Waals surface area contributed by atoms with Gasteiger partial charge in [-0.1, -0.05) is 44.4 Å². The smallest absolute Gasteiger partial charge is 0.251 e. The molecule has 0 spiro atoms. The van der Waals surface area contributed by atoms with E-state index in [1.165, 1.54) is 39.0 Å². The Labute approximate surface area is 571 Å². The van der Waals surface area contributed by atoms with Gasteiger partial charge in [0.15, 0.2) is 37.7 Å². The zero-order valence-corrected chi connectivity index (χ0v) is 56.1. The van der Waals surface area contributed by atoms with Crippen molar-refractivity contribution in [3.8, 4) is 5.75 Å². The van der Waals surface area contributed by atoms with Gasteiger partial charge in [0, 0.05) is 40.4 Å². The first-order valence-corrected chi connectivity index (χ1v) is 33.2. The number of aliphatic hydroxyl groups is 13. The Morgan fingerprint density at radius 3 is 1.35 bits per heavy atom. The second-order valence-corrected chi connectivity index (χ2v) is 25.3. The van der Waals surface area contributed by atoms with Crippen molar-refractivity contribution in [3.63, 3.8) is 0 Å². The molecule has 30 atom stereocenters. The van der Waals surface area contributed by atoms with Crippen LogP contribution in [0, 0.1) is 0 Å². The van der Waals surface area contributed by atoms with Crippen molar-refractivity contribution < 1.29 is 152 Å². The van der Waals surface area contributed by atoms with Gasteiger partial charge in [-0.25, -0.2) is 0 Å². The normalized spacial score (nSPS) is 39.6. The number of hydrogen-bond donors (Lipinski definition) is 18. The summed E-state index contributed by atoms with van der Waals surface area (Å²) in [6, 6.07) is -2.45. The van der Waals surface area contributed by atoms with Crippen LogP contribution < -0.4 is 31.3 Å². The van der Waals surface area contributed by atoms with Crippen molar-refractivity contribution in [2.24, 2.45) is 0 Å². The standard InChI is InChI=1S/C63H101N5O31/c1-8-9-10-11-12-13-14-15-16-20-88-33-19-17-18-32(21-33)57(85)68-40-46(79)45(78)34(22-69)92-59(40)96-52-35(23-70)93-60(41(48(52)81)65-29(4)74)97-53-36(24-71)94-61(42(49(53)82)66-30(5)75)98-54-37(25-72)95-62(43(50(54)83)67-31(6)76)99-55-38(91-58(86)39(47(55)80)64-28(3)73)26-89-63-56(87-7)51(84)44(77)27(2)90-63/h13-14,17-19,21,27,34-56,58-63,69-72,77-84,86H,8-12,15-16,20,22-26H2,1-7H3,(H,64,73)(H,65,74)(H,66,75)(H,67,76)(H,68,85)/b14-13-/t27-,34+,35+,36+,37+,38+,39+,40+,41+,42+,43+,44+,45+,46+,47+,48+,49+,50+,51+,52+,53+,54+,55+,56-,58?,59-,60-,61-,62-,63-/m0/s1. The molecule has 7 rings (SSSR count). The van der Waals surface area contributed by atoms with E-state index < -0.39 is 246 Å². The molecule has 6 saturated heterocycles. The van der Waals surface area contributed by atoms with Gasteiger partial charge in [-0.3, -0.25) is 24.0 Å². The lowest BCUT2D eigenvalue weighted by molar-refractivity contribution is -0.368. The molecular weight excluding hydrogens is 1320 g/mol. The molecule has 0 bridgehead atoms. The number of benzene rings is 1. The van der Waals surface area contributed by atoms with Crippen LogP contribution in [0.15, 0.2) is 36.4 Å². The van der Waals surface area contributed by atoms with Gasteiger partial charge >= 0.3 is 0 Å². The van der Waals surface area contributed by atoms with Gasteiger partial charge in [-0.15, -0.1) is 0 Å². The molecule has 0 aliphatic carbocycles. The Bertz CT molecular complexity index is 2730. The number of aliphatic hydroxyl groups excluding tert-OH is 13. The molecule has 564 valence electrons. The third-order valence-electron chi connectivity index (χ3n) is 17.8. The summed E-state index contributed by atoms with van der Waals surface area (Å²) in [5, 5.41) is 158. The predicted octanol–water partition coefficient (Wildman–Crippen LogP) is -6.72. The van der Waals surface area contributed by atoms with Crippen molar-refractivity contribution in [2.75, 3.05) is 46.8 Å². The molecule has 6 aliphatic rings. The second-order valence-electron chi connectivity index (χ2n) is 25.3. The fraction of sp³-hybridized carbons (Fsp3) is 0.794. The molecule has 1 aromatic carbocycles. The fourth-order valence-electron chi connectivity index (χ4n) is 12.7. The summed E-state index contributed by atoms with van der Waals surface area (Å²) in [5.74, 6) is -3.67. The van der Waals surface area contributed by atoms with Crippen molar-refractivity contribution in [2.45, 2.75) is 270 Å². The number of rotatable bonds is 32. The molecule has 1 unspecified atom stereocenters. The lowest BCUT2D eigenvalue weighted by atomic mass is 9.93. The van der Waals surface area contributed by atoms with Crippen molar-refractivity contribution in [1.29, 1.82) is 0 Å². The van der Waals surface area contributed by atoms with E-state index in [1.54, 1.807) is 12.1 Å². The van der Waals surface area contributed by atoms with E-state index in [-0.39, 0.29) is 5.56 Å². The minimum absolute atomic E-state index is 0.0482. The van der Waals surface area contributed by atoms with Gasteiger partial charge in [0.2, 0.25) is 23.6 Å². The number of carbonyl (C=O) groups excluding carboxylic acids is 5. The Hall–Kier alpha value is -4.89. The Morgan fingerprint density at radius 1 is 0.465 bits per heavy atom. The highest BCUT2D eigenvalue weighted by Gasteiger charge is 2.58. The molecule has 36 heteroatoms. The van der Waals surface area contributed by atoms with Crippen LogP contribution in [-0.4, -0.2) is 327 Å². The number of carbonyl (C=O) groups is 5. The Balaban J connectivity index is 1.07. The molecule has 18 N–H and O–H groups in total. The summed E-state index contributed by atoms with van der Waals surface area (Å²) in [4.78, 5) is 65.1. The SMILES string of the molecule is CCCCCC/C=C\CCCOc1cccc(C(=O)N[C@H]2[C@H](O[C@H]3[C@H](O)[C@@H](NC(C)=O)[C@H](O[C@H]4[C@H](O)[C@@H](NC(C)=O)[C@H](O[C@H]5[C@H](O)[C@@H](NC(C)=O)[C@H](O[C@H]6[C@H](O)[C@@H](NC(C)=O)C(O)O[C@@H]6CO[C@H]6O[C@@H](C)[C@@H](O)[C@@H](O)[C@@H]6OC)O[C@@H]5CO)O[C@@H]4CO)O[C@@H]3CO)O[C@H](CO)[C@@H](O)[C@@H]2O)c1. The van der Waals surface area contributed by atoms with E-state index in [2.05, 4.69) is 45.7 Å². The second kappa shape index (κ2) is 38.6. The van der Waals surface area contributed by atoms with Crippen LogP contribution in [0.5, 0.6) is 5.75 Å². The van der Waals surface area contributed by atoms with Gasteiger partial charge in [-0.05, 0) is 50.8 Å². The molecule has 1 aromatic rings. The highest BCUT2D eigenvalue weighted by molar-refractivity contribution is 5.94. The molecular formula is C63H101N5O31. The maximum atomic E-state index is 14.0. The predicted molar refractivity (Wildman–Crippen MR) is 333 cm³/mol. The topological polar surface area (TPSA) is 528 Å². The number of hydrogen-bond acceptors (Lipinski definition) is 31. The molecule has 6 aliphatic heterocycles. The summed E-state index contributed by atoms with van der Waals surface area (Å²) >= 11 is 0. The summed E-state index contributed by atoms with van der Waals surface area (Å²) in [5.41, 5.74) is 0.0482. The van der Waals surface area contributed by atoms with Crippen LogP contribution in [0.4, 0.5) is 0 Å². The molecule has 36 nitrogen and oxygen atoms in total. The quantitative estimate of drug-likeness (QED) is 0.0235. The summed E-state index contributed by atoms with van der Waals surface area (Å²) in [6.07, 6.45) is -32.0. The number of methoxy groups -OCH3 is 1. The Kier molecular flexibility index (Phi) is 31.7. The summed E-state index contributed by atoms with van der Waals surface area (Å²) < 4.78 is 77.9.